The number of rotatable bonds is 5. The van der Waals surface area contributed by atoms with E-state index < -0.39 is 0 Å². The molecule has 70 valence electrons. The van der Waals surface area contributed by atoms with Crippen LogP contribution in [-0.2, 0) is 9.59 Å². The summed E-state index contributed by atoms with van der Waals surface area (Å²) < 4.78 is 0. The van der Waals surface area contributed by atoms with E-state index in [1.165, 1.54) is 6.92 Å². The molecule has 0 unspecified atom stereocenters. The summed E-state index contributed by atoms with van der Waals surface area (Å²) in [5, 5.41) is 5.43. The molecule has 0 atom stereocenters. The third-order valence-corrected chi connectivity index (χ3v) is 1.11. The summed E-state index contributed by atoms with van der Waals surface area (Å²) in [7, 11) is 0. The molecule has 0 bridgehead atoms. The van der Waals surface area contributed by atoms with Crippen LogP contribution < -0.4 is 10.6 Å². The molecule has 0 aromatic heterocycles. The lowest BCUT2D eigenvalue weighted by molar-refractivity contribution is -0.120. The van der Waals surface area contributed by atoms with Gasteiger partial charge in [-0.2, -0.15) is 0 Å². The Hall–Kier alpha value is -0.900. The van der Waals surface area contributed by atoms with Gasteiger partial charge in [0, 0.05) is 6.04 Å². The Morgan fingerprint density at radius 1 is 1.25 bits per heavy atom. The topological polar surface area (TPSA) is 58.2 Å². The maximum atomic E-state index is 11.0. The predicted octanol–water partition coefficient (Wildman–Crippen LogP) is -0.310. The smallest absolute Gasteiger partial charge is 0.234 e. The first-order chi connectivity index (χ1) is 5.52. The number of ketones is 1. The van der Waals surface area contributed by atoms with Crippen molar-refractivity contribution in [2.45, 2.75) is 26.8 Å². The highest BCUT2D eigenvalue weighted by Gasteiger charge is 2.01. The van der Waals surface area contributed by atoms with Crippen LogP contribution in [0.4, 0.5) is 0 Å². The van der Waals surface area contributed by atoms with Crippen molar-refractivity contribution >= 4 is 11.7 Å². The van der Waals surface area contributed by atoms with E-state index in [1.54, 1.807) is 0 Å². The SMILES string of the molecule is CC(=O)CNCC(=O)NC(C)C. The van der Waals surface area contributed by atoms with Gasteiger partial charge in [-0.05, 0) is 20.8 Å². The van der Waals surface area contributed by atoms with Crippen molar-refractivity contribution in [3.63, 3.8) is 0 Å². The van der Waals surface area contributed by atoms with Crippen molar-refractivity contribution < 1.29 is 9.59 Å². The minimum atomic E-state index is -0.0775. The first-order valence-electron chi connectivity index (χ1n) is 4.02. The molecule has 0 radical (unpaired) electrons. The number of hydrogen-bond donors (Lipinski definition) is 2. The minimum Gasteiger partial charge on any atom is -0.353 e. The standard InChI is InChI=1S/C8H16N2O2/c1-6(2)10-8(12)5-9-4-7(3)11/h6,9H,4-5H2,1-3H3,(H,10,12). The highest BCUT2D eigenvalue weighted by atomic mass is 16.2. The lowest BCUT2D eigenvalue weighted by Gasteiger charge is -2.07. The minimum absolute atomic E-state index is 0.0346. The third kappa shape index (κ3) is 7.21. The third-order valence-electron chi connectivity index (χ3n) is 1.11. The summed E-state index contributed by atoms with van der Waals surface area (Å²) in [4.78, 5) is 21.4. The van der Waals surface area contributed by atoms with Gasteiger partial charge in [0.2, 0.25) is 5.91 Å². The highest BCUT2D eigenvalue weighted by Crippen LogP contribution is 1.75. The van der Waals surface area contributed by atoms with Gasteiger partial charge in [-0.15, -0.1) is 0 Å². The Morgan fingerprint density at radius 2 is 1.83 bits per heavy atom. The quantitative estimate of drug-likeness (QED) is 0.598. The van der Waals surface area contributed by atoms with Gasteiger partial charge in [0.15, 0.2) is 0 Å². The Kier molecular flexibility index (Phi) is 5.28. The van der Waals surface area contributed by atoms with Gasteiger partial charge in [0.05, 0.1) is 13.1 Å². The molecular formula is C8H16N2O2. The van der Waals surface area contributed by atoms with Crippen LogP contribution in [0.1, 0.15) is 20.8 Å². The zero-order valence-corrected chi connectivity index (χ0v) is 7.81. The zero-order valence-electron chi connectivity index (χ0n) is 7.81. The van der Waals surface area contributed by atoms with E-state index in [1.807, 2.05) is 13.8 Å². The average Bonchev–Trinajstić information content (AvgIpc) is 1.84. The molecule has 0 rings (SSSR count). The molecular weight excluding hydrogens is 156 g/mol. The van der Waals surface area contributed by atoms with Gasteiger partial charge < -0.3 is 10.6 Å². The van der Waals surface area contributed by atoms with Crippen molar-refractivity contribution in [3.8, 4) is 0 Å². The normalized spacial score (nSPS) is 10.0. The van der Waals surface area contributed by atoms with Gasteiger partial charge in [-0.25, -0.2) is 0 Å². The van der Waals surface area contributed by atoms with Crippen molar-refractivity contribution in [1.82, 2.24) is 10.6 Å². The van der Waals surface area contributed by atoms with Crippen LogP contribution in [0, 0.1) is 0 Å². The van der Waals surface area contributed by atoms with Crippen molar-refractivity contribution in [2.24, 2.45) is 0 Å². The van der Waals surface area contributed by atoms with E-state index in [0.717, 1.165) is 0 Å². The molecule has 12 heavy (non-hydrogen) atoms. The summed E-state index contributed by atoms with van der Waals surface area (Å²) in [6, 6.07) is 0.150. The molecule has 2 N–H and O–H groups in total. The molecule has 0 aliphatic heterocycles. The Bertz CT molecular complexity index is 166. The zero-order chi connectivity index (χ0) is 9.56. The fourth-order valence-corrected chi connectivity index (χ4v) is 0.725. The largest absolute Gasteiger partial charge is 0.353 e. The molecule has 0 aliphatic carbocycles. The van der Waals surface area contributed by atoms with Crippen LogP contribution in [0.5, 0.6) is 0 Å². The van der Waals surface area contributed by atoms with Crippen LogP contribution in [0.25, 0.3) is 0 Å². The molecule has 0 fully saturated rings. The van der Waals surface area contributed by atoms with Crippen LogP contribution in [0.2, 0.25) is 0 Å². The van der Waals surface area contributed by atoms with E-state index in [2.05, 4.69) is 10.6 Å². The van der Waals surface area contributed by atoms with E-state index in [0.29, 0.717) is 0 Å². The molecule has 0 saturated carbocycles. The number of amides is 1. The summed E-state index contributed by atoms with van der Waals surface area (Å²) in [5.74, 6) is -0.0430. The lowest BCUT2D eigenvalue weighted by atomic mass is 10.4. The van der Waals surface area contributed by atoms with Crippen LogP contribution in [0.15, 0.2) is 0 Å². The van der Waals surface area contributed by atoms with Gasteiger partial charge in [-0.3, -0.25) is 9.59 Å². The highest BCUT2D eigenvalue weighted by molar-refractivity contribution is 5.80. The molecule has 4 nitrogen and oxygen atoms in total. The van der Waals surface area contributed by atoms with Crippen LogP contribution in [0.3, 0.4) is 0 Å². The summed E-state index contributed by atoms with van der Waals surface area (Å²) in [6.45, 7) is 5.72. The Morgan fingerprint density at radius 3 is 2.25 bits per heavy atom. The van der Waals surface area contributed by atoms with Crippen molar-refractivity contribution in [3.05, 3.63) is 0 Å². The summed E-state index contributed by atoms with van der Waals surface area (Å²) >= 11 is 0. The first-order valence-corrected chi connectivity index (χ1v) is 4.02. The summed E-state index contributed by atoms with van der Waals surface area (Å²) in [5.41, 5.74) is 0. The molecule has 0 aliphatic rings. The molecule has 1 amide bonds. The second-order valence-electron chi connectivity index (χ2n) is 3.03. The maximum Gasteiger partial charge on any atom is 0.234 e. The van der Waals surface area contributed by atoms with Gasteiger partial charge in [0.1, 0.15) is 5.78 Å². The number of nitrogens with one attached hydrogen (secondary N) is 2. The lowest BCUT2D eigenvalue weighted by Crippen LogP contribution is -2.38. The van der Waals surface area contributed by atoms with E-state index in [4.69, 9.17) is 0 Å². The van der Waals surface area contributed by atoms with E-state index >= 15 is 0 Å². The number of carbonyl (C=O) groups excluding carboxylic acids is 2. The van der Waals surface area contributed by atoms with E-state index in [9.17, 15) is 9.59 Å². The molecule has 0 aromatic rings. The predicted molar refractivity (Wildman–Crippen MR) is 46.8 cm³/mol. The Labute approximate surface area is 72.7 Å². The van der Waals surface area contributed by atoms with Crippen LogP contribution >= 0.6 is 0 Å². The second-order valence-corrected chi connectivity index (χ2v) is 3.03. The fourth-order valence-electron chi connectivity index (χ4n) is 0.725. The maximum absolute atomic E-state index is 11.0. The molecule has 4 heteroatoms. The van der Waals surface area contributed by atoms with E-state index in [-0.39, 0.29) is 30.8 Å². The fraction of sp³-hybridized carbons (Fsp3) is 0.750. The van der Waals surface area contributed by atoms with Crippen molar-refractivity contribution in [2.75, 3.05) is 13.1 Å². The van der Waals surface area contributed by atoms with Gasteiger partial charge in [-0.1, -0.05) is 0 Å². The van der Waals surface area contributed by atoms with Gasteiger partial charge >= 0.3 is 0 Å². The Balaban J connectivity index is 3.38. The number of carbonyl (C=O) groups is 2. The molecule has 0 spiro atoms. The molecule has 0 heterocycles. The van der Waals surface area contributed by atoms with Crippen LogP contribution in [-0.4, -0.2) is 30.8 Å². The van der Waals surface area contributed by atoms with Gasteiger partial charge in [0.25, 0.3) is 0 Å². The summed E-state index contributed by atoms with van der Waals surface area (Å²) in [6.07, 6.45) is 0. The molecule has 0 saturated heterocycles. The number of hydrogen-bond acceptors (Lipinski definition) is 3. The average molecular weight is 172 g/mol. The number of Topliss-reactive ketones (excluding diaryl/α,β-unsaturated/α-hetero) is 1. The second kappa shape index (κ2) is 5.71. The first kappa shape index (κ1) is 11.1. The molecule has 0 aromatic carbocycles. The monoisotopic (exact) mass is 172 g/mol. The van der Waals surface area contributed by atoms with Crippen molar-refractivity contribution in [1.29, 1.82) is 0 Å².